The highest BCUT2D eigenvalue weighted by molar-refractivity contribution is 7.17. The van der Waals surface area contributed by atoms with Crippen molar-refractivity contribution in [1.29, 1.82) is 0 Å². The Morgan fingerprint density at radius 2 is 2.00 bits per heavy atom. The third-order valence-electron chi connectivity index (χ3n) is 5.51. The summed E-state index contributed by atoms with van der Waals surface area (Å²) >= 11 is 1.01. The number of esters is 1. The molecule has 2 N–H and O–H groups in total. The molecule has 1 aliphatic heterocycles. The van der Waals surface area contributed by atoms with Gasteiger partial charge < -0.3 is 15.4 Å². The van der Waals surface area contributed by atoms with Gasteiger partial charge in [0.1, 0.15) is 10.9 Å². The van der Waals surface area contributed by atoms with Crippen LogP contribution in [-0.2, 0) is 14.3 Å². The van der Waals surface area contributed by atoms with Gasteiger partial charge in [0.2, 0.25) is 11.8 Å². The van der Waals surface area contributed by atoms with E-state index in [1.165, 1.54) is 0 Å². The number of fused-ring (bicyclic) bond motifs is 1. The summed E-state index contributed by atoms with van der Waals surface area (Å²) in [5.74, 6) is -1.89. The number of carbonyl (C=O) groups is 4. The largest absolute Gasteiger partial charge is 0.462 e. The lowest BCUT2D eigenvalue weighted by Gasteiger charge is -2.43. The van der Waals surface area contributed by atoms with Crippen molar-refractivity contribution in [3.63, 3.8) is 0 Å². The molecule has 4 amide bonds. The van der Waals surface area contributed by atoms with Crippen LogP contribution in [0.25, 0.3) is 0 Å². The molecule has 1 saturated carbocycles. The lowest BCUT2D eigenvalue weighted by molar-refractivity contribution is -0.143. The Labute approximate surface area is 179 Å². The molecular formula is C20H28N4O5S. The maximum Gasteiger partial charge on any atom is 0.350 e. The lowest BCUT2D eigenvalue weighted by atomic mass is 9.81. The standard InChI is InChI=1S/C20H28N4O5S/c1-5-29-18(27)15-11(4)21-19(30-15)23-16(25)14(10(2)3)24-17(26)12-8-6-7-9-13(12)22-20(24)28/h10,12-14H,5-9H2,1-4H3,(H,22,28)(H,21,23,25)/t12?,13?,14-/m0/s1. The Bertz CT molecular complexity index is 852. The van der Waals surface area contributed by atoms with Gasteiger partial charge in [-0.05, 0) is 32.6 Å². The topological polar surface area (TPSA) is 118 Å². The molecule has 0 aromatic carbocycles. The van der Waals surface area contributed by atoms with Crippen LogP contribution < -0.4 is 10.6 Å². The number of nitrogens with one attached hydrogen (secondary N) is 2. The van der Waals surface area contributed by atoms with Gasteiger partial charge in [0.05, 0.1) is 18.2 Å². The van der Waals surface area contributed by atoms with E-state index < -0.39 is 23.9 Å². The number of thiazole rings is 1. The van der Waals surface area contributed by atoms with Crippen LogP contribution in [0.3, 0.4) is 0 Å². The van der Waals surface area contributed by atoms with E-state index in [0.717, 1.165) is 35.5 Å². The maximum atomic E-state index is 13.1. The van der Waals surface area contributed by atoms with Crippen LogP contribution >= 0.6 is 11.3 Å². The van der Waals surface area contributed by atoms with Crippen molar-refractivity contribution < 1.29 is 23.9 Å². The predicted molar refractivity (Wildman–Crippen MR) is 111 cm³/mol. The molecule has 164 valence electrons. The second-order valence-electron chi connectivity index (χ2n) is 7.99. The van der Waals surface area contributed by atoms with Crippen LogP contribution in [0.1, 0.15) is 61.8 Å². The van der Waals surface area contributed by atoms with Crippen molar-refractivity contribution in [2.75, 3.05) is 11.9 Å². The number of aryl methyl sites for hydroxylation is 1. The number of rotatable bonds is 6. The molecule has 2 fully saturated rings. The number of urea groups is 1. The average molecular weight is 437 g/mol. The fraction of sp³-hybridized carbons (Fsp3) is 0.650. The summed E-state index contributed by atoms with van der Waals surface area (Å²) in [5, 5.41) is 5.81. The van der Waals surface area contributed by atoms with Crippen LogP contribution in [0.2, 0.25) is 0 Å². The number of anilines is 1. The summed E-state index contributed by atoms with van der Waals surface area (Å²) in [7, 11) is 0. The number of hydrogen-bond acceptors (Lipinski definition) is 7. The summed E-state index contributed by atoms with van der Waals surface area (Å²) in [6.45, 7) is 7.18. The Morgan fingerprint density at radius 1 is 1.30 bits per heavy atom. The van der Waals surface area contributed by atoms with E-state index in [-0.39, 0.29) is 35.5 Å². The van der Waals surface area contributed by atoms with Gasteiger partial charge >= 0.3 is 12.0 Å². The highest BCUT2D eigenvalue weighted by Gasteiger charge is 2.47. The summed E-state index contributed by atoms with van der Waals surface area (Å²) < 4.78 is 5.00. The molecule has 0 spiro atoms. The van der Waals surface area contributed by atoms with Crippen LogP contribution in [-0.4, -0.2) is 52.4 Å². The van der Waals surface area contributed by atoms with E-state index in [9.17, 15) is 19.2 Å². The quantitative estimate of drug-likeness (QED) is 0.662. The van der Waals surface area contributed by atoms with Crippen LogP contribution in [0.4, 0.5) is 9.93 Å². The first-order valence-electron chi connectivity index (χ1n) is 10.3. The molecule has 30 heavy (non-hydrogen) atoms. The minimum absolute atomic E-state index is 0.153. The summed E-state index contributed by atoms with van der Waals surface area (Å²) in [5.41, 5.74) is 0.451. The number of hydrogen-bond donors (Lipinski definition) is 2. The third-order valence-corrected chi connectivity index (χ3v) is 6.57. The molecule has 1 aromatic rings. The van der Waals surface area contributed by atoms with Gasteiger partial charge in [-0.3, -0.25) is 14.5 Å². The van der Waals surface area contributed by atoms with Crippen molar-refractivity contribution in [3.8, 4) is 0 Å². The SMILES string of the molecule is CCOC(=O)c1sc(NC(=O)[C@H](C(C)C)N2C(=O)NC3CCCCC3C2=O)nc1C. The number of aromatic nitrogens is 1. The van der Waals surface area contributed by atoms with Gasteiger partial charge in [-0.15, -0.1) is 0 Å². The zero-order chi connectivity index (χ0) is 22.0. The van der Waals surface area contributed by atoms with Gasteiger partial charge in [0, 0.05) is 6.04 Å². The molecule has 2 aliphatic rings. The molecule has 2 unspecified atom stereocenters. The van der Waals surface area contributed by atoms with Gasteiger partial charge in [-0.25, -0.2) is 14.6 Å². The molecule has 3 rings (SSSR count). The number of imide groups is 1. The lowest BCUT2D eigenvalue weighted by Crippen LogP contribution is -2.66. The number of nitrogens with zero attached hydrogens (tertiary/aromatic N) is 2. The zero-order valence-corrected chi connectivity index (χ0v) is 18.5. The Hall–Kier alpha value is -2.49. The summed E-state index contributed by atoms with van der Waals surface area (Å²) in [4.78, 5) is 56.5. The van der Waals surface area contributed by atoms with Crippen molar-refractivity contribution >= 4 is 40.3 Å². The molecule has 3 atom stereocenters. The molecule has 0 radical (unpaired) electrons. The first-order chi connectivity index (χ1) is 14.2. The summed E-state index contributed by atoms with van der Waals surface area (Å²) in [6.07, 6.45) is 3.41. The molecule has 9 nitrogen and oxygen atoms in total. The molecule has 1 saturated heterocycles. The van der Waals surface area contributed by atoms with Crippen LogP contribution in [0.5, 0.6) is 0 Å². The van der Waals surface area contributed by atoms with Crippen molar-refractivity contribution in [1.82, 2.24) is 15.2 Å². The highest BCUT2D eigenvalue weighted by atomic mass is 32.1. The maximum absolute atomic E-state index is 13.1. The molecule has 1 aliphatic carbocycles. The van der Waals surface area contributed by atoms with E-state index >= 15 is 0 Å². The molecule has 10 heteroatoms. The van der Waals surface area contributed by atoms with Gasteiger partial charge in [0.25, 0.3) is 0 Å². The van der Waals surface area contributed by atoms with Crippen LogP contribution in [0.15, 0.2) is 0 Å². The first kappa shape index (κ1) is 22.2. The fourth-order valence-electron chi connectivity index (χ4n) is 4.10. The van der Waals surface area contributed by atoms with E-state index in [0.29, 0.717) is 17.0 Å². The van der Waals surface area contributed by atoms with E-state index in [2.05, 4.69) is 15.6 Å². The van der Waals surface area contributed by atoms with E-state index in [1.807, 2.05) is 0 Å². The van der Waals surface area contributed by atoms with E-state index in [1.54, 1.807) is 27.7 Å². The molecular weight excluding hydrogens is 408 g/mol. The molecule has 1 aromatic heterocycles. The average Bonchev–Trinajstić information content (AvgIpc) is 3.04. The number of amides is 4. The van der Waals surface area contributed by atoms with Gasteiger partial charge in [0.15, 0.2) is 5.13 Å². The van der Waals surface area contributed by atoms with E-state index in [4.69, 9.17) is 4.74 Å². The molecule has 0 bridgehead atoms. The monoisotopic (exact) mass is 436 g/mol. The zero-order valence-electron chi connectivity index (χ0n) is 17.7. The van der Waals surface area contributed by atoms with Crippen molar-refractivity contribution in [2.45, 2.75) is 65.5 Å². The normalized spacial score (nSPS) is 22.4. The van der Waals surface area contributed by atoms with Crippen molar-refractivity contribution in [3.05, 3.63) is 10.6 Å². The Kier molecular flexibility index (Phi) is 6.74. The second-order valence-corrected chi connectivity index (χ2v) is 8.99. The minimum atomic E-state index is -0.976. The Balaban J connectivity index is 1.80. The van der Waals surface area contributed by atoms with Gasteiger partial charge in [-0.2, -0.15) is 0 Å². The third kappa shape index (κ3) is 4.33. The highest BCUT2D eigenvalue weighted by Crippen LogP contribution is 2.32. The summed E-state index contributed by atoms with van der Waals surface area (Å²) in [6, 6.07) is -1.66. The Morgan fingerprint density at radius 3 is 2.67 bits per heavy atom. The predicted octanol–water partition coefficient (Wildman–Crippen LogP) is 2.70. The first-order valence-corrected chi connectivity index (χ1v) is 11.1. The minimum Gasteiger partial charge on any atom is -0.462 e. The smallest absolute Gasteiger partial charge is 0.350 e. The fourth-order valence-corrected chi connectivity index (χ4v) is 4.97. The second kappa shape index (κ2) is 9.11. The van der Waals surface area contributed by atoms with Crippen molar-refractivity contribution in [2.24, 2.45) is 11.8 Å². The molecule has 2 heterocycles. The number of ether oxygens (including phenoxy) is 1. The number of carbonyl (C=O) groups excluding carboxylic acids is 4. The van der Waals surface area contributed by atoms with Crippen LogP contribution in [0, 0.1) is 18.8 Å². The van der Waals surface area contributed by atoms with Gasteiger partial charge in [-0.1, -0.05) is 38.0 Å².